The van der Waals surface area contributed by atoms with Gasteiger partial charge in [0.1, 0.15) is 5.01 Å². The number of likely N-dealkylation sites (N-methyl/N-ethyl adjacent to an activating group) is 1. The van der Waals surface area contributed by atoms with Gasteiger partial charge in [-0.05, 0) is 0 Å². The number of rotatable bonds is 2. The van der Waals surface area contributed by atoms with Crippen LogP contribution in [0.4, 0.5) is 9.93 Å². The number of nitrogen functional groups attached to an aromatic ring is 1. The molecule has 2 heterocycles. The van der Waals surface area contributed by atoms with E-state index in [1.807, 2.05) is 0 Å². The fourth-order valence-corrected chi connectivity index (χ4v) is 1.97. The first-order valence-electron chi connectivity index (χ1n) is 4.24. The van der Waals surface area contributed by atoms with Crippen LogP contribution in [0.25, 0.3) is 0 Å². The molecule has 1 fully saturated rings. The van der Waals surface area contributed by atoms with Crippen LogP contribution >= 0.6 is 11.3 Å². The van der Waals surface area contributed by atoms with Gasteiger partial charge in [0.2, 0.25) is 5.13 Å². The largest absolute Gasteiger partial charge is 0.374 e. The van der Waals surface area contributed by atoms with Crippen LogP contribution in [-0.4, -0.2) is 46.2 Å². The zero-order valence-electron chi connectivity index (χ0n) is 7.80. The van der Waals surface area contributed by atoms with Crippen molar-refractivity contribution >= 4 is 22.5 Å². The number of carbonyl (C=O) groups excluding carboxylic acids is 1. The molecule has 0 atom stereocenters. The fourth-order valence-electron chi connectivity index (χ4n) is 1.34. The summed E-state index contributed by atoms with van der Waals surface area (Å²) in [5.41, 5.74) is 5.45. The number of nitrogens with zero attached hydrogens (tertiary/aromatic N) is 4. The van der Waals surface area contributed by atoms with Gasteiger partial charge < -0.3 is 15.5 Å². The van der Waals surface area contributed by atoms with Gasteiger partial charge in [-0.25, -0.2) is 4.79 Å². The van der Waals surface area contributed by atoms with Crippen molar-refractivity contribution in [2.24, 2.45) is 0 Å². The average molecular weight is 213 g/mol. The van der Waals surface area contributed by atoms with E-state index in [1.165, 1.54) is 11.3 Å². The Morgan fingerprint density at radius 3 is 2.79 bits per heavy atom. The van der Waals surface area contributed by atoms with Gasteiger partial charge in [0.15, 0.2) is 0 Å². The van der Waals surface area contributed by atoms with E-state index in [2.05, 4.69) is 10.2 Å². The highest BCUT2D eigenvalue weighted by atomic mass is 32.1. The van der Waals surface area contributed by atoms with Crippen LogP contribution in [0, 0.1) is 0 Å². The van der Waals surface area contributed by atoms with Gasteiger partial charge in [0, 0.05) is 20.1 Å². The number of carbonyl (C=O) groups is 1. The zero-order valence-corrected chi connectivity index (χ0v) is 8.62. The molecule has 2 rings (SSSR count). The number of amides is 2. The Morgan fingerprint density at radius 2 is 2.29 bits per heavy atom. The van der Waals surface area contributed by atoms with Crippen LogP contribution in [-0.2, 0) is 6.54 Å². The molecule has 0 radical (unpaired) electrons. The minimum absolute atomic E-state index is 0.0405. The molecule has 0 unspecified atom stereocenters. The Hall–Kier alpha value is -1.37. The molecular weight excluding hydrogens is 202 g/mol. The molecule has 0 saturated carbocycles. The van der Waals surface area contributed by atoms with Gasteiger partial charge in [0.25, 0.3) is 0 Å². The Labute approximate surface area is 85.3 Å². The topological polar surface area (TPSA) is 75.3 Å². The quantitative estimate of drug-likeness (QED) is 0.749. The standard InChI is InChI=1S/C7H11N5OS/c1-11-2-3-12(7(11)13)4-5-9-10-6(8)14-5/h2-4H2,1H3,(H2,8,10). The normalized spacial score (nSPS) is 16.8. The first kappa shape index (κ1) is 9.20. The summed E-state index contributed by atoms with van der Waals surface area (Å²) in [7, 11) is 1.79. The second-order valence-corrected chi connectivity index (χ2v) is 4.25. The smallest absolute Gasteiger partial charge is 0.320 e. The lowest BCUT2D eigenvalue weighted by Gasteiger charge is -2.13. The molecule has 1 aliphatic rings. The summed E-state index contributed by atoms with van der Waals surface area (Å²) in [6.07, 6.45) is 0. The minimum atomic E-state index is 0.0405. The third kappa shape index (κ3) is 1.63. The molecule has 2 amide bonds. The van der Waals surface area contributed by atoms with Crippen molar-refractivity contribution in [1.82, 2.24) is 20.0 Å². The van der Waals surface area contributed by atoms with Crippen molar-refractivity contribution in [3.63, 3.8) is 0 Å². The lowest BCUT2D eigenvalue weighted by Crippen LogP contribution is -2.28. The van der Waals surface area contributed by atoms with Gasteiger partial charge in [0.05, 0.1) is 6.54 Å². The van der Waals surface area contributed by atoms with Gasteiger partial charge in [-0.1, -0.05) is 11.3 Å². The lowest BCUT2D eigenvalue weighted by molar-refractivity contribution is 0.197. The van der Waals surface area contributed by atoms with Crippen molar-refractivity contribution < 1.29 is 4.79 Å². The molecular formula is C7H11N5OS. The molecule has 76 valence electrons. The molecule has 1 aliphatic heterocycles. The summed E-state index contributed by atoms with van der Waals surface area (Å²) in [5, 5.41) is 8.80. The molecule has 2 N–H and O–H groups in total. The summed E-state index contributed by atoms with van der Waals surface area (Å²) in [4.78, 5) is 14.9. The first-order chi connectivity index (χ1) is 6.66. The van der Waals surface area contributed by atoms with E-state index in [1.54, 1.807) is 16.8 Å². The molecule has 0 aliphatic carbocycles. The number of nitrogens with two attached hydrogens (primary N) is 1. The molecule has 0 aromatic carbocycles. The first-order valence-corrected chi connectivity index (χ1v) is 5.06. The van der Waals surface area contributed by atoms with E-state index in [0.717, 1.165) is 18.1 Å². The highest BCUT2D eigenvalue weighted by molar-refractivity contribution is 7.15. The highest BCUT2D eigenvalue weighted by Gasteiger charge is 2.25. The predicted octanol–water partition coefficient (Wildman–Crippen LogP) is -0.0123. The zero-order chi connectivity index (χ0) is 10.1. The predicted molar refractivity (Wildman–Crippen MR) is 52.8 cm³/mol. The van der Waals surface area contributed by atoms with Crippen LogP contribution in [0.1, 0.15) is 5.01 Å². The van der Waals surface area contributed by atoms with E-state index in [-0.39, 0.29) is 6.03 Å². The number of hydrogen-bond acceptors (Lipinski definition) is 5. The monoisotopic (exact) mass is 213 g/mol. The Balaban J connectivity index is 2.02. The summed E-state index contributed by atoms with van der Waals surface area (Å²) in [6, 6.07) is 0.0405. The third-order valence-electron chi connectivity index (χ3n) is 2.11. The molecule has 1 aromatic rings. The van der Waals surface area contributed by atoms with E-state index in [9.17, 15) is 4.79 Å². The van der Waals surface area contributed by atoms with Crippen LogP contribution in [0.5, 0.6) is 0 Å². The van der Waals surface area contributed by atoms with Crippen LogP contribution in [0.3, 0.4) is 0 Å². The van der Waals surface area contributed by atoms with Gasteiger partial charge in [-0.3, -0.25) is 0 Å². The summed E-state index contributed by atoms with van der Waals surface area (Å²) in [5.74, 6) is 0. The van der Waals surface area contributed by atoms with Crippen molar-refractivity contribution in [2.75, 3.05) is 25.9 Å². The Bertz CT molecular complexity index is 352. The van der Waals surface area contributed by atoms with E-state index < -0.39 is 0 Å². The van der Waals surface area contributed by atoms with Crippen molar-refractivity contribution in [2.45, 2.75) is 6.54 Å². The van der Waals surface area contributed by atoms with Crippen molar-refractivity contribution in [3.8, 4) is 0 Å². The minimum Gasteiger partial charge on any atom is -0.374 e. The van der Waals surface area contributed by atoms with Gasteiger partial charge >= 0.3 is 6.03 Å². The Kier molecular flexibility index (Phi) is 2.24. The summed E-state index contributed by atoms with van der Waals surface area (Å²) >= 11 is 1.32. The molecule has 1 aromatic heterocycles. The third-order valence-corrected chi connectivity index (χ3v) is 2.85. The Morgan fingerprint density at radius 1 is 1.50 bits per heavy atom. The van der Waals surface area contributed by atoms with Gasteiger partial charge in [-0.15, -0.1) is 10.2 Å². The maximum absolute atomic E-state index is 11.5. The fraction of sp³-hybridized carbons (Fsp3) is 0.571. The van der Waals surface area contributed by atoms with Gasteiger partial charge in [-0.2, -0.15) is 0 Å². The maximum atomic E-state index is 11.5. The molecule has 0 spiro atoms. The molecule has 7 heteroatoms. The molecule has 1 saturated heterocycles. The average Bonchev–Trinajstić information content (AvgIpc) is 2.67. The summed E-state index contributed by atoms with van der Waals surface area (Å²) in [6.45, 7) is 2.03. The van der Waals surface area contributed by atoms with E-state index in [0.29, 0.717) is 11.7 Å². The van der Waals surface area contributed by atoms with E-state index in [4.69, 9.17) is 5.73 Å². The number of anilines is 1. The van der Waals surface area contributed by atoms with E-state index >= 15 is 0 Å². The lowest BCUT2D eigenvalue weighted by atomic mass is 10.5. The SMILES string of the molecule is CN1CCN(Cc2nnc(N)s2)C1=O. The molecule has 6 nitrogen and oxygen atoms in total. The number of hydrogen-bond donors (Lipinski definition) is 1. The highest BCUT2D eigenvalue weighted by Crippen LogP contribution is 2.16. The van der Waals surface area contributed by atoms with Crippen LogP contribution < -0.4 is 5.73 Å². The second-order valence-electron chi connectivity index (χ2n) is 3.16. The molecule has 0 bridgehead atoms. The number of aromatic nitrogens is 2. The van der Waals surface area contributed by atoms with Crippen molar-refractivity contribution in [3.05, 3.63) is 5.01 Å². The van der Waals surface area contributed by atoms with Crippen LogP contribution in [0.2, 0.25) is 0 Å². The summed E-state index contributed by atoms with van der Waals surface area (Å²) < 4.78 is 0. The van der Waals surface area contributed by atoms with Crippen molar-refractivity contribution in [1.29, 1.82) is 0 Å². The molecule has 14 heavy (non-hydrogen) atoms. The maximum Gasteiger partial charge on any atom is 0.320 e. The van der Waals surface area contributed by atoms with Crippen LogP contribution in [0.15, 0.2) is 0 Å². The second kappa shape index (κ2) is 3.41. The number of urea groups is 1.